The lowest BCUT2D eigenvalue weighted by Crippen LogP contribution is -2.38. The van der Waals surface area contributed by atoms with E-state index in [0.717, 1.165) is 24.8 Å². The smallest absolute Gasteiger partial charge is 0.142 e. The molecule has 0 amide bonds. The summed E-state index contributed by atoms with van der Waals surface area (Å²) < 4.78 is 5.45. The average Bonchev–Trinajstić information content (AvgIpc) is 2.86. The minimum absolute atomic E-state index is 0.683. The van der Waals surface area contributed by atoms with Crippen molar-refractivity contribution in [1.82, 2.24) is 5.32 Å². The van der Waals surface area contributed by atoms with Gasteiger partial charge in [0.05, 0.1) is 12.8 Å². The zero-order valence-corrected chi connectivity index (χ0v) is 12.4. The Morgan fingerprint density at radius 3 is 2.84 bits per heavy atom. The van der Waals surface area contributed by atoms with Gasteiger partial charge in [0.1, 0.15) is 5.75 Å². The Morgan fingerprint density at radius 1 is 1.32 bits per heavy atom. The fourth-order valence-electron chi connectivity index (χ4n) is 3.18. The van der Waals surface area contributed by atoms with Gasteiger partial charge in [0.15, 0.2) is 0 Å². The van der Waals surface area contributed by atoms with Gasteiger partial charge in [0.25, 0.3) is 0 Å². The summed E-state index contributed by atoms with van der Waals surface area (Å²) in [4.78, 5) is 2.33. The second-order valence-corrected chi connectivity index (χ2v) is 5.41. The predicted octanol–water partition coefficient (Wildman–Crippen LogP) is 2.91. The van der Waals surface area contributed by atoms with Gasteiger partial charge in [-0.05, 0) is 37.4 Å². The molecule has 0 aliphatic heterocycles. The zero-order chi connectivity index (χ0) is 13.7. The molecule has 2 rings (SSSR count). The molecule has 1 aliphatic carbocycles. The summed E-state index contributed by atoms with van der Waals surface area (Å²) in [5, 5.41) is 3.62. The van der Waals surface area contributed by atoms with E-state index in [9.17, 15) is 0 Å². The van der Waals surface area contributed by atoms with Crippen molar-refractivity contribution in [3.63, 3.8) is 0 Å². The lowest BCUT2D eigenvalue weighted by molar-refractivity contribution is 0.401. The molecule has 2 atom stereocenters. The van der Waals surface area contributed by atoms with Crippen LogP contribution in [0.4, 0.5) is 5.69 Å². The predicted molar refractivity (Wildman–Crippen MR) is 81.1 cm³/mol. The summed E-state index contributed by atoms with van der Waals surface area (Å²) in [6.45, 7) is 4.36. The first-order valence-electron chi connectivity index (χ1n) is 7.33. The molecule has 0 saturated heterocycles. The Balaban J connectivity index is 2.02. The molecule has 0 heterocycles. The Morgan fingerprint density at radius 2 is 2.11 bits per heavy atom. The van der Waals surface area contributed by atoms with Crippen LogP contribution in [0.1, 0.15) is 26.2 Å². The topological polar surface area (TPSA) is 24.5 Å². The average molecular weight is 262 g/mol. The van der Waals surface area contributed by atoms with E-state index < -0.39 is 0 Å². The Bertz CT molecular complexity index is 394. The molecule has 106 valence electrons. The number of rotatable bonds is 6. The van der Waals surface area contributed by atoms with Crippen LogP contribution < -0.4 is 15.0 Å². The van der Waals surface area contributed by atoms with E-state index in [1.807, 2.05) is 12.1 Å². The van der Waals surface area contributed by atoms with E-state index in [-0.39, 0.29) is 0 Å². The molecule has 0 spiro atoms. The highest BCUT2D eigenvalue weighted by Gasteiger charge is 2.27. The fourth-order valence-corrected chi connectivity index (χ4v) is 3.18. The molecule has 1 aliphatic rings. The number of hydrogen-bond donors (Lipinski definition) is 1. The minimum Gasteiger partial charge on any atom is -0.495 e. The number of para-hydroxylation sites is 2. The molecule has 3 nitrogen and oxygen atoms in total. The lowest BCUT2D eigenvalue weighted by atomic mass is 10.0. The molecule has 1 aromatic carbocycles. The number of hydrogen-bond acceptors (Lipinski definition) is 3. The van der Waals surface area contributed by atoms with Gasteiger partial charge in [-0.3, -0.25) is 0 Å². The summed E-state index contributed by atoms with van der Waals surface area (Å²) in [7, 11) is 3.91. The molecule has 0 bridgehead atoms. The third kappa shape index (κ3) is 3.41. The molecular weight excluding hydrogens is 236 g/mol. The van der Waals surface area contributed by atoms with Crippen molar-refractivity contribution in [2.45, 2.75) is 32.2 Å². The van der Waals surface area contributed by atoms with E-state index in [1.165, 1.54) is 24.9 Å². The van der Waals surface area contributed by atoms with E-state index in [2.05, 4.69) is 36.3 Å². The van der Waals surface area contributed by atoms with E-state index in [1.54, 1.807) is 7.11 Å². The number of nitrogens with zero attached hydrogens (tertiary/aromatic N) is 1. The quantitative estimate of drug-likeness (QED) is 0.853. The van der Waals surface area contributed by atoms with Crippen molar-refractivity contribution in [3.8, 4) is 5.75 Å². The lowest BCUT2D eigenvalue weighted by Gasteiger charge is -2.28. The molecule has 1 fully saturated rings. The highest BCUT2D eigenvalue weighted by Crippen LogP contribution is 2.31. The SMILES string of the molecule is CCNC1CCCC1CN(C)c1ccccc1OC. The standard InChI is InChI=1S/C16H26N2O/c1-4-17-14-9-7-8-13(14)12-18(2)15-10-5-6-11-16(15)19-3/h5-6,10-11,13-14,17H,4,7-9,12H2,1-3H3. The van der Waals surface area contributed by atoms with Crippen LogP contribution in [0.3, 0.4) is 0 Å². The summed E-state index contributed by atoms with van der Waals surface area (Å²) in [5.41, 5.74) is 1.19. The number of nitrogens with one attached hydrogen (secondary N) is 1. The molecule has 0 aromatic heterocycles. The van der Waals surface area contributed by atoms with Crippen molar-refractivity contribution >= 4 is 5.69 Å². The van der Waals surface area contributed by atoms with Crippen molar-refractivity contribution in [2.75, 3.05) is 32.1 Å². The molecule has 1 N–H and O–H groups in total. The van der Waals surface area contributed by atoms with Crippen molar-refractivity contribution in [2.24, 2.45) is 5.92 Å². The highest BCUT2D eigenvalue weighted by molar-refractivity contribution is 5.57. The molecule has 2 unspecified atom stereocenters. The largest absolute Gasteiger partial charge is 0.495 e. The van der Waals surface area contributed by atoms with Crippen LogP contribution in [0.5, 0.6) is 5.75 Å². The number of methoxy groups -OCH3 is 1. The van der Waals surface area contributed by atoms with Crippen LogP contribution in [-0.4, -0.2) is 33.3 Å². The molecule has 19 heavy (non-hydrogen) atoms. The van der Waals surface area contributed by atoms with Gasteiger partial charge >= 0.3 is 0 Å². The molecule has 1 aromatic rings. The third-order valence-corrected chi connectivity index (χ3v) is 4.13. The highest BCUT2D eigenvalue weighted by atomic mass is 16.5. The van der Waals surface area contributed by atoms with Crippen LogP contribution in [0.2, 0.25) is 0 Å². The Kier molecular flexibility index (Phi) is 5.08. The van der Waals surface area contributed by atoms with Gasteiger partial charge in [-0.1, -0.05) is 25.5 Å². The van der Waals surface area contributed by atoms with E-state index in [4.69, 9.17) is 4.74 Å². The van der Waals surface area contributed by atoms with Gasteiger partial charge in [-0.25, -0.2) is 0 Å². The molecule has 1 saturated carbocycles. The number of ether oxygens (including phenoxy) is 1. The van der Waals surface area contributed by atoms with Crippen LogP contribution >= 0.6 is 0 Å². The van der Waals surface area contributed by atoms with Crippen LogP contribution in [0, 0.1) is 5.92 Å². The van der Waals surface area contributed by atoms with E-state index >= 15 is 0 Å². The van der Waals surface area contributed by atoms with Crippen molar-refractivity contribution < 1.29 is 4.74 Å². The Hall–Kier alpha value is -1.22. The monoisotopic (exact) mass is 262 g/mol. The first-order chi connectivity index (χ1) is 9.26. The van der Waals surface area contributed by atoms with Gasteiger partial charge in [-0.2, -0.15) is 0 Å². The zero-order valence-electron chi connectivity index (χ0n) is 12.4. The van der Waals surface area contributed by atoms with Crippen LogP contribution in [0.15, 0.2) is 24.3 Å². The van der Waals surface area contributed by atoms with Crippen LogP contribution in [-0.2, 0) is 0 Å². The maximum absolute atomic E-state index is 5.45. The molecule has 3 heteroatoms. The fraction of sp³-hybridized carbons (Fsp3) is 0.625. The van der Waals surface area contributed by atoms with Crippen molar-refractivity contribution in [3.05, 3.63) is 24.3 Å². The first kappa shape index (κ1) is 14.2. The number of benzene rings is 1. The molecule has 0 radical (unpaired) electrons. The minimum atomic E-state index is 0.683. The summed E-state index contributed by atoms with van der Waals surface area (Å²) in [6, 6.07) is 8.94. The first-order valence-corrected chi connectivity index (χ1v) is 7.33. The normalized spacial score (nSPS) is 22.5. The summed E-state index contributed by atoms with van der Waals surface area (Å²) in [6.07, 6.45) is 4.00. The molecular formula is C16H26N2O. The van der Waals surface area contributed by atoms with Gasteiger partial charge in [0.2, 0.25) is 0 Å². The second kappa shape index (κ2) is 6.80. The van der Waals surface area contributed by atoms with Gasteiger partial charge in [0, 0.05) is 19.6 Å². The number of anilines is 1. The van der Waals surface area contributed by atoms with Crippen molar-refractivity contribution in [1.29, 1.82) is 0 Å². The summed E-state index contributed by atoms with van der Waals surface area (Å²) >= 11 is 0. The maximum Gasteiger partial charge on any atom is 0.142 e. The summed E-state index contributed by atoms with van der Waals surface area (Å²) in [5.74, 6) is 1.71. The van der Waals surface area contributed by atoms with Gasteiger partial charge < -0.3 is 15.0 Å². The van der Waals surface area contributed by atoms with Crippen LogP contribution in [0.25, 0.3) is 0 Å². The van der Waals surface area contributed by atoms with E-state index in [0.29, 0.717) is 6.04 Å². The van der Waals surface area contributed by atoms with Gasteiger partial charge in [-0.15, -0.1) is 0 Å². The Labute approximate surface area is 116 Å². The second-order valence-electron chi connectivity index (χ2n) is 5.41. The third-order valence-electron chi connectivity index (χ3n) is 4.13. The maximum atomic E-state index is 5.45.